The maximum Gasteiger partial charge on any atom is 0.305 e. The number of hydrogen-bond acceptors (Lipinski definition) is 4. The van der Waals surface area contributed by atoms with E-state index in [0.29, 0.717) is 25.3 Å². The highest BCUT2D eigenvalue weighted by molar-refractivity contribution is 5.92. The fourth-order valence-corrected chi connectivity index (χ4v) is 1.91. The second-order valence-corrected chi connectivity index (χ2v) is 4.32. The third kappa shape index (κ3) is 4.06. The first kappa shape index (κ1) is 15.2. The van der Waals surface area contributed by atoms with Crippen molar-refractivity contribution in [3.05, 3.63) is 18.2 Å². The van der Waals surface area contributed by atoms with Crippen molar-refractivity contribution in [2.24, 2.45) is 5.73 Å². The molecule has 1 atom stereocenters. The molecule has 1 aromatic rings. The van der Waals surface area contributed by atoms with Crippen molar-refractivity contribution in [2.75, 3.05) is 13.1 Å². The van der Waals surface area contributed by atoms with Gasteiger partial charge in [0, 0.05) is 31.9 Å². The van der Waals surface area contributed by atoms with Crippen LogP contribution in [-0.2, 0) is 11.3 Å². The number of aliphatic carboxylic acids is 1. The van der Waals surface area contributed by atoms with Crippen LogP contribution in [0.25, 0.3) is 0 Å². The van der Waals surface area contributed by atoms with E-state index in [1.165, 1.54) is 4.90 Å². The fraction of sp³-hybridized carbons (Fsp3) is 0.583. The summed E-state index contributed by atoms with van der Waals surface area (Å²) in [5.74, 6) is -1.18. The van der Waals surface area contributed by atoms with Crippen LogP contribution in [0.3, 0.4) is 0 Å². The minimum atomic E-state index is -0.924. The van der Waals surface area contributed by atoms with Gasteiger partial charge in [0.05, 0.1) is 12.7 Å². The second-order valence-electron chi connectivity index (χ2n) is 4.32. The molecule has 106 valence electrons. The lowest BCUT2D eigenvalue weighted by Crippen LogP contribution is -2.39. The van der Waals surface area contributed by atoms with Gasteiger partial charge in [0.2, 0.25) is 0 Å². The van der Waals surface area contributed by atoms with Gasteiger partial charge in [-0.1, -0.05) is 0 Å². The molecule has 0 bridgehead atoms. The summed E-state index contributed by atoms with van der Waals surface area (Å²) in [7, 11) is 0. The van der Waals surface area contributed by atoms with Crippen LogP contribution >= 0.6 is 0 Å². The van der Waals surface area contributed by atoms with Crippen LogP contribution in [-0.4, -0.2) is 50.6 Å². The van der Waals surface area contributed by atoms with E-state index in [4.69, 9.17) is 10.8 Å². The number of carboxylic acid groups (broad SMARTS) is 1. The molecule has 0 aliphatic heterocycles. The van der Waals surface area contributed by atoms with Gasteiger partial charge < -0.3 is 20.3 Å². The predicted molar refractivity (Wildman–Crippen MR) is 69.7 cm³/mol. The van der Waals surface area contributed by atoms with Gasteiger partial charge in [0.1, 0.15) is 5.69 Å². The van der Waals surface area contributed by atoms with Crippen LogP contribution in [0.15, 0.2) is 12.5 Å². The highest BCUT2D eigenvalue weighted by atomic mass is 16.4. The van der Waals surface area contributed by atoms with Gasteiger partial charge in [-0.25, -0.2) is 4.98 Å². The molecule has 1 rings (SSSR count). The number of nitrogens with two attached hydrogens (primary N) is 1. The van der Waals surface area contributed by atoms with E-state index in [1.54, 1.807) is 24.0 Å². The van der Waals surface area contributed by atoms with E-state index in [-0.39, 0.29) is 18.4 Å². The number of nitrogens with zero attached hydrogens (tertiary/aromatic N) is 3. The van der Waals surface area contributed by atoms with Crippen molar-refractivity contribution in [3.8, 4) is 0 Å². The Labute approximate surface area is 112 Å². The summed E-state index contributed by atoms with van der Waals surface area (Å²) < 4.78 is 1.74. The number of carbonyl (C=O) groups is 2. The lowest BCUT2D eigenvalue weighted by atomic mass is 10.2. The maximum atomic E-state index is 12.2. The van der Waals surface area contributed by atoms with Crippen molar-refractivity contribution in [3.63, 3.8) is 0 Å². The standard InChI is InChI=1S/C12H20N4O3/c1-3-16(9(2)6-11(17)18)12(19)10-7-15(5-4-13)8-14-10/h7-9H,3-6,13H2,1-2H3,(H,17,18). The van der Waals surface area contributed by atoms with E-state index in [2.05, 4.69) is 4.98 Å². The average molecular weight is 268 g/mol. The van der Waals surface area contributed by atoms with E-state index in [9.17, 15) is 9.59 Å². The molecule has 0 saturated carbocycles. The molecule has 1 unspecified atom stereocenters. The summed E-state index contributed by atoms with van der Waals surface area (Å²) >= 11 is 0. The summed E-state index contributed by atoms with van der Waals surface area (Å²) in [5, 5.41) is 8.78. The molecule has 0 fully saturated rings. The third-order valence-electron chi connectivity index (χ3n) is 2.84. The van der Waals surface area contributed by atoms with E-state index in [0.717, 1.165) is 0 Å². The SMILES string of the molecule is CCN(C(=O)c1cn(CCN)cn1)C(C)CC(=O)O. The Bertz CT molecular complexity index is 444. The number of carboxylic acids is 1. The Kier molecular flexibility index (Phi) is 5.50. The number of rotatable bonds is 7. The van der Waals surface area contributed by atoms with Crippen LogP contribution in [0.5, 0.6) is 0 Å². The van der Waals surface area contributed by atoms with Crippen molar-refractivity contribution < 1.29 is 14.7 Å². The Morgan fingerprint density at radius 3 is 2.79 bits per heavy atom. The molecule has 3 N–H and O–H groups in total. The summed E-state index contributed by atoms with van der Waals surface area (Å²) in [6, 6.07) is -0.366. The Hall–Kier alpha value is -1.89. The molecule has 7 nitrogen and oxygen atoms in total. The van der Waals surface area contributed by atoms with Gasteiger partial charge in [0.15, 0.2) is 0 Å². The molecule has 0 radical (unpaired) electrons. The highest BCUT2D eigenvalue weighted by Gasteiger charge is 2.23. The molecule has 1 aromatic heterocycles. The Morgan fingerprint density at radius 2 is 2.26 bits per heavy atom. The molecule has 7 heteroatoms. The Morgan fingerprint density at radius 1 is 1.58 bits per heavy atom. The minimum Gasteiger partial charge on any atom is -0.481 e. The first-order valence-electron chi connectivity index (χ1n) is 6.24. The number of imidazole rings is 1. The molecular weight excluding hydrogens is 248 g/mol. The van der Waals surface area contributed by atoms with E-state index < -0.39 is 5.97 Å². The average Bonchev–Trinajstić information content (AvgIpc) is 2.78. The van der Waals surface area contributed by atoms with E-state index in [1.807, 2.05) is 6.92 Å². The lowest BCUT2D eigenvalue weighted by Gasteiger charge is -2.26. The monoisotopic (exact) mass is 268 g/mol. The summed E-state index contributed by atoms with van der Waals surface area (Å²) in [6.45, 7) is 5.03. The first-order valence-corrected chi connectivity index (χ1v) is 6.24. The predicted octanol–water partition coefficient (Wildman–Crippen LogP) is 0.167. The van der Waals surface area contributed by atoms with Crippen molar-refractivity contribution in [1.82, 2.24) is 14.5 Å². The van der Waals surface area contributed by atoms with Gasteiger partial charge in [-0.15, -0.1) is 0 Å². The highest BCUT2D eigenvalue weighted by Crippen LogP contribution is 2.09. The molecule has 0 spiro atoms. The topological polar surface area (TPSA) is 101 Å². The molecule has 0 aliphatic rings. The summed E-state index contributed by atoms with van der Waals surface area (Å²) in [4.78, 5) is 28.5. The normalized spacial score (nSPS) is 12.2. The largest absolute Gasteiger partial charge is 0.481 e. The smallest absolute Gasteiger partial charge is 0.305 e. The zero-order valence-electron chi connectivity index (χ0n) is 11.2. The summed E-state index contributed by atoms with van der Waals surface area (Å²) in [5.41, 5.74) is 5.74. The van der Waals surface area contributed by atoms with Gasteiger partial charge in [0.25, 0.3) is 5.91 Å². The van der Waals surface area contributed by atoms with Crippen molar-refractivity contribution in [1.29, 1.82) is 0 Å². The zero-order chi connectivity index (χ0) is 14.4. The van der Waals surface area contributed by atoms with Crippen molar-refractivity contribution in [2.45, 2.75) is 32.9 Å². The molecule has 0 aromatic carbocycles. The number of carbonyl (C=O) groups excluding carboxylic acids is 1. The van der Waals surface area contributed by atoms with Gasteiger partial charge in [-0.05, 0) is 13.8 Å². The number of aromatic nitrogens is 2. The van der Waals surface area contributed by atoms with Crippen LogP contribution in [0.1, 0.15) is 30.8 Å². The number of hydrogen-bond donors (Lipinski definition) is 2. The second kappa shape index (κ2) is 6.89. The minimum absolute atomic E-state index is 0.0803. The fourth-order valence-electron chi connectivity index (χ4n) is 1.91. The third-order valence-corrected chi connectivity index (χ3v) is 2.84. The summed E-state index contributed by atoms with van der Waals surface area (Å²) in [6.07, 6.45) is 3.10. The molecule has 19 heavy (non-hydrogen) atoms. The Balaban J connectivity index is 2.79. The molecular formula is C12H20N4O3. The quantitative estimate of drug-likeness (QED) is 0.734. The van der Waals surface area contributed by atoms with E-state index >= 15 is 0 Å². The first-order chi connectivity index (χ1) is 8.99. The lowest BCUT2D eigenvalue weighted by molar-refractivity contribution is -0.138. The van der Waals surface area contributed by atoms with Crippen LogP contribution in [0.4, 0.5) is 0 Å². The zero-order valence-corrected chi connectivity index (χ0v) is 11.2. The molecule has 0 aliphatic carbocycles. The van der Waals surface area contributed by atoms with Crippen LogP contribution in [0.2, 0.25) is 0 Å². The number of amides is 1. The van der Waals surface area contributed by atoms with Crippen LogP contribution in [0, 0.1) is 0 Å². The van der Waals surface area contributed by atoms with Gasteiger partial charge in [-0.3, -0.25) is 9.59 Å². The van der Waals surface area contributed by atoms with Gasteiger partial charge in [-0.2, -0.15) is 0 Å². The molecule has 1 amide bonds. The molecule has 0 saturated heterocycles. The van der Waals surface area contributed by atoms with Crippen molar-refractivity contribution >= 4 is 11.9 Å². The van der Waals surface area contributed by atoms with Gasteiger partial charge >= 0.3 is 5.97 Å². The molecule has 1 heterocycles. The maximum absolute atomic E-state index is 12.2. The van der Waals surface area contributed by atoms with Crippen LogP contribution < -0.4 is 5.73 Å².